The van der Waals surface area contributed by atoms with Crippen LogP contribution in [-0.4, -0.2) is 133 Å². The number of piperidine rings is 2. The number of nitrogens with zero attached hydrogens (tertiary/aromatic N) is 4. The first-order valence-electron chi connectivity index (χ1n) is 34.7. The third-order valence-corrected chi connectivity index (χ3v) is 21.7. The van der Waals surface area contributed by atoms with Crippen LogP contribution in [0.5, 0.6) is 0 Å². The third-order valence-electron chi connectivity index (χ3n) is 20.0. The summed E-state index contributed by atoms with van der Waals surface area (Å²) >= 11 is 7.29. The SMILES string of the molecule is CCC[N+](CC)(CCCCCCCCN1CCCCC1C(=O)Nc1c(C)cccc1C)CC(=O)Cc1c(C)ccc(Br)c1C.CCC[N+](CC)(CCCCCCCCN1CCCCC1C(=O)Nc1c(C)cccc1C)CC(=O)Cc1c(C)ccc(Br)c1C.Cl.[Br-].[Br-]. The normalized spacial score (nSPS) is 16.4. The second-order valence-electron chi connectivity index (χ2n) is 26.7. The highest BCUT2D eigenvalue weighted by atomic mass is 79.9. The molecule has 4 unspecified atom stereocenters. The Kier molecular flexibility index (Phi) is 40.9. The number of benzene rings is 4. The average molecular weight is 1540 g/mol. The zero-order chi connectivity index (χ0) is 64.2. The summed E-state index contributed by atoms with van der Waals surface area (Å²) in [6, 6.07) is 20.7. The van der Waals surface area contributed by atoms with Crippen LogP contribution in [-0.2, 0) is 32.0 Å². The van der Waals surface area contributed by atoms with Gasteiger partial charge in [0.15, 0.2) is 11.6 Å². The fraction of sp³-hybridized carbons (Fsp3) is 0.632. The summed E-state index contributed by atoms with van der Waals surface area (Å²) in [6.07, 6.45) is 24.4. The summed E-state index contributed by atoms with van der Waals surface area (Å²) in [4.78, 5) is 58.1. The molecule has 2 heterocycles. The number of carbonyl (C=O) groups excluding carboxylic acids is 4. The van der Waals surface area contributed by atoms with Gasteiger partial charge in [-0.3, -0.25) is 29.0 Å². The number of rotatable bonds is 36. The predicted molar refractivity (Wildman–Crippen MR) is 386 cm³/mol. The minimum absolute atomic E-state index is 0. The van der Waals surface area contributed by atoms with Crippen LogP contribution in [0.25, 0.3) is 0 Å². The van der Waals surface area contributed by atoms with Crippen molar-refractivity contribution in [3.05, 3.63) is 125 Å². The molecule has 0 radical (unpaired) electrons. The van der Waals surface area contributed by atoms with Crippen LogP contribution in [0.1, 0.15) is 212 Å². The van der Waals surface area contributed by atoms with Crippen LogP contribution in [0.2, 0.25) is 0 Å². The zero-order valence-corrected chi connectivity index (χ0v) is 65.5. The third kappa shape index (κ3) is 27.0. The lowest BCUT2D eigenvalue weighted by Crippen LogP contribution is -3.00. The summed E-state index contributed by atoms with van der Waals surface area (Å²) < 4.78 is 4.01. The number of unbranched alkanes of at least 4 members (excludes halogenated alkanes) is 10. The van der Waals surface area contributed by atoms with Crippen molar-refractivity contribution in [3.8, 4) is 0 Å². The summed E-state index contributed by atoms with van der Waals surface area (Å²) in [5.74, 6) is 1.05. The highest BCUT2D eigenvalue weighted by Gasteiger charge is 2.32. The molecule has 15 heteroatoms. The lowest BCUT2D eigenvalue weighted by atomic mass is 9.97. The number of carbonyl (C=O) groups is 4. The Bertz CT molecular complexity index is 2620. The van der Waals surface area contributed by atoms with Gasteiger partial charge in [0.05, 0.1) is 51.4 Å². The van der Waals surface area contributed by atoms with E-state index in [1.165, 1.54) is 110 Å². The monoisotopic (exact) mass is 1530 g/mol. The molecule has 512 valence electrons. The molecule has 4 aromatic carbocycles. The van der Waals surface area contributed by atoms with Crippen molar-refractivity contribution in [1.82, 2.24) is 9.80 Å². The van der Waals surface area contributed by atoms with Crippen LogP contribution >= 0.6 is 44.3 Å². The summed E-state index contributed by atoms with van der Waals surface area (Å²) in [6.45, 7) is 37.5. The van der Waals surface area contributed by atoms with Gasteiger partial charge in [-0.1, -0.05) is 146 Å². The van der Waals surface area contributed by atoms with Crippen molar-refractivity contribution in [2.75, 3.05) is 89.2 Å². The molecular weight excluding hydrogens is 1420 g/mol. The number of Topliss-reactive ketones (excluding diaryl/α,β-unsaturated/α-hetero) is 2. The minimum Gasteiger partial charge on any atom is -1.00 e. The number of aryl methyl sites for hydroxylation is 6. The van der Waals surface area contributed by atoms with Gasteiger partial charge >= 0.3 is 0 Å². The smallest absolute Gasteiger partial charge is 0.241 e. The summed E-state index contributed by atoms with van der Waals surface area (Å²) in [5.41, 5.74) is 13.6. The Morgan fingerprint density at radius 3 is 1.11 bits per heavy atom. The topological polar surface area (TPSA) is 98.8 Å². The van der Waals surface area contributed by atoms with Crippen molar-refractivity contribution in [1.29, 1.82) is 0 Å². The predicted octanol–water partition coefficient (Wildman–Crippen LogP) is 12.2. The number of hydrogen-bond donors (Lipinski definition) is 2. The molecule has 4 atom stereocenters. The fourth-order valence-electron chi connectivity index (χ4n) is 14.4. The molecule has 2 amide bonds. The van der Waals surface area contributed by atoms with E-state index in [0.717, 1.165) is 168 Å². The van der Waals surface area contributed by atoms with E-state index in [0.29, 0.717) is 37.5 Å². The van der Waals surface area contributed by atoms with Gasteiger partial charge in [-0.15, -0.1) is 12.4 Å². The second-order valence-corrected chi connectivity index (χ2v) is 28.5. The molecule has 0 aliphatic carbocycles. The number of nitrogens with one attached hydrogen (secondary N) is 2. The molecule has 6 rings (SSSR count). The molecular formula is C76H119Br4ClN6O4. The molecule has 0 saturated carbocycles. The standard InChI is InChI=1S/2C38H58BrN3O2.2BrH.ClH/c2*1-7-25-42(8-2,28-33(43)27-34-29(3)21-22-35(39)32(34)6)26-16-12-10-9-11-14-23-41-24-15-13-20-36(41)38(44)40-37-30(4)18-17-19-31(37)5;;;/h2*17-19,21-22,36H,7-16,20,23-28H2,1-6H3;3*1H. The molecule has 2 saturated heterocycles. The maximum absolute atomic E-state index is 13.3. The highest BCUT2D eigenvalue weighted by molar-refractivity contribution is 9.10. The molecule has 2 N–H and O–H groups in total. The maximum atomic E-state index is 13.3. The number of ketones is 2. The number of anilines is 2. The molecule has 0 bridgehead atoms. The number of para-hydroxylation sites is 2. The van der Waals surface area contributed by atoms with Gasteiger partial charge in [0, 0.05) is 33.2 Å². The van der Waals surface area contributed by atoms with Crippen molar-refractivity contribution in [2.24, 2.45) is 0 Å². The zero-order valence-electron chi connectivity index (χ0n) is 58.3. The number of quaternary nitrogens is 2. The van der Waals surface area contributed by atoms with E-state index in [1.807, 2.05) is 12.1 Å². The first-order valence-corrected chi connectivity index (χ1v) is 36.2. The quantitative estimate of drug-likeness (QED) is 0.0348. The summed E-state index contributed by atoms with van der Waals surface area (Å²) in [7, 11) is 0. The molecule has 2 aliphatic rings. The number of hydrogen-bond acceptors (Lipinski definition) is 6. The van der Waals surface area contributed by atoms with E-state index in [-0.39, 0.29) is 70.3 Å². The Morgan fingerprint density at radius 1 is 0.451 bits per heavy atom. The molecule has 0 spiro atoms. The van der Waals surface area contributed by atoms with Gasteiger partial charge in [-0.25, -0.2) is 0 Å². The van der Waals surface area contributed by atoms with E-state index < -0.39 is 0 Å². The molecule has 0 aromatic heterocycles. The van der Waals surface area contributed by atoms with E-state index >= 15 is 0 Å². The van der Waals surface area contributed by atoms with Gasteiger partial charge in [0.1, 0.15) is 13.1 Å². The largest absolute Gasteiger partial charge is 1.00 e. The molecule has 10 nitrogen and oxygen atoms in total. The fourth-order valence-corrected chi connectivity index (χ4v) is 15.1. The van der Waals surface area contributed by atoms with Crippen LogP contribution in [0.4, 0.5) is 11.4 Å². The van der Waals surface area contributed by atoms with Crippen molar-refractivity contribution < 1.29 is 62.1 Å². The van der Waals surface area contributed by atoms with E-state index in [2.05, 4.69) is 184 Å². The lowest BCUT2D eigenvalue weighted by Gasteiger charge is -2.37. The molecule has 2 aliphatic heterocycles. The molecule has 2 fully saturated rings. The Morgan fingerprint density at radius 2 is 0.780 bits per heavy atom. The van der Waals surface area contributed by atoms with Gasteiger partial charge in [-0.05, 0) is 240 Å². The van der Waals surface area contributed by atoms with Crippen molar-refractivity contribution in [3.63, 3.8) is 0 Å². The van der Waals surface area contributed by atoms with Gasteiger partial charge in [0.2, 0.25) is 11.8 Å². The Hall–Kier alpha value is -2.79. The van der Waals surface area contributed by atoms with Gasteiger partial charge in [0.25, 0.3) is 0 Å². The van der Waals surface area contributed by atoms with Crippen LogP contribution in [0.15, 0.2) is 69.6 Å². The number of likely N-dealkylation sites (N-methyl/N-ethyl adjacent to an activating group) is 2. The molecule has 91 heavy (non-hydrogen) atoms. The number of likely N-dealkylation sites (tertiary alicyclic amines) is 2. The van der Waals surface area contributed by atoms with Crippen LogP contribution in [0, 0.1) is 55.4 Å². The average Bonchev–Trinajstić information content (AvgIpc) is 3.50. The number of amides is 2. The van der Waals surface area contributed by atoms with Gasteiger partial charge in [-0.2, -0.15) is 0 Å². The van der Waals surface area contributed by atoms with E-state index in [4.69, 9.17) is 0 Å². The number of halogens is 5. The van der Waals surface area contributed by atoms with Crippen LogP contribution in [0.3, 0.4) is 0 Å². The minimum atomic E-state index is -0.0137. The van der Waals surface area contributed by atoms with Crippen molar-refractivity contribution >= 4 is 79.0 Å². The summed E-state index contributed by atoms with van der Waals surface area (Å²) in [5, 5.41) is 6.51. The van der Waals surface area contributed by atoms with Gasteiger partial charge < -0.3 is 53.6 Å². The first kappa shape index (κ1) is 84.3. The lowest BCUT2D eigenvalue weighted by molar-refractivity contribution is -0.919. The van der Waals surface area contributed by atoms with E-state index in [1.54, 1.807) is 0 Å². The van der Waals surface area contributed by atoms with E-state index in [9.17, 15) is 19.2 Å². The second kappa shape index (κ2) is 44.1. The van der Waals surface area contributed by atoms with Crippen molar-refractivity contribution in [2.45, 2.75) is 236 Å². The molecule has 4 aromatic rings. The van der Waals surface area contributed by atoms with Crippen LogP contribution < -0.4 is 44.6 Å². The maximum Gasteiger partial charge on any atom is 0.241 e. The Labute approximate surface area is 597 Å². The first-order chi connectivity index (χ1) is 42.2. The Balaban J connectivity index is 0.000000600. The highest BCUT2D eigenvalue weighted by Crippen LogP contribution is 2.29.